The van der Waals surface area contributed by atoms with Gasteiger partial charge < -0.3 is 4.90 Å². The molecule has 5 heteroatoms. The minimum Gasteiger partial charge on any atom is -0.331 e. The van der Waals surface area contributed by atoms with Gasteiger partial charge in [-0.3, -0.25) is 4.79 Å². The summed E-state index contributed by atoms with van der Waals surface area (Å²) in [7, 11) is 0. The summed E-state index contributed by atoms with van der Waals surface area (Å²) < 4.78 is 0. The fourth-order valence-electron chi connectivity index (χ4n) is 3.22. The van der Waals surface area contributed by atoms with E-state index in [0.29, 0.717) is 5.92 Å². The van der Waals surface area contributed by atoms with Gasteiger partial charge in [0.1, 0.15) is 11.7 Å². The SMILES string of the molecule is CC(C)c1ncc2c(n1)CC1CCC2N1C(=O)CCl. The van der Waals surface area contributed by atoms with E-state index in [0.717, 1.165) is 36.3 Å². The number of carbonyl (C=O) groups excluding carboxylic acids is 1. The number of alkyl halides is 1. The molecule has 0 radical (unpaired) electrons. The number of fused-ring (bicyclic) bond motifs is 4. The molecule has 0 aromatic carbocycles. The van der Waals surface area contributed by atoms with E-state index in [-0.39, 0.29) is 23.9 Å². The lowest BCUT2D eigenvalue weighted by atomic mass is 9.98. The summed E-state index contributed by atoms with van der Waals surface area (Å²) in [4.78, 5) is 23.1. The Morgan fingerprint density at radius 2 is 2.32 bits per heavy atom. The highest BCUT2D eigenvalue weighted by Crippen LogP contribution is 2.43. The number of rotatable bonds is 2. The van der Waals surface area contributed by atoms with Gasteiger partial charge in [0.05, 0.1) is 11.7 Å². The van der Waals surface area contributed by atoms with E-state index in [1.54, 1.807) is 0 Å². The number of aromatic nitrogens is 2. The molecule has 2 bridgehead atoms. The first-order chi connectivity index (χ1) is 9.11. The van der Waals surface area contributed by atoms with Crippen LogP contribution in [-0.4, -0.2) is 32.7 Å². The van der Waals surface area contributed by atoms with Crippen molar-refractivity contribution in [1.29, 1.82) is 0 Å². The molecule has 3 heterocycles. The van der Waals surface area contributed by atoms with Crippen LogP contribution < -0.4 is 0 Å². The second-order valence-electron chi connectivity index (χ2n) is 5.67. The largest absolute Gasteiger partial charge is 0.331 e. The Bertz CT molecular complexity index is 517. The molecule has 102 valence electrons. The molecular formula is C14H18ClN3O. The Balaban J connectivity index is 1.98. The van der Waals surface area contributed by atoms with Crippen molar-refractivity contribution < 1.29 is 4.79 Å². The quantitative estimate of drug-likeness (QED) is 0.781. The summed E-state index contributed by atoms with van der Waals surface area (Å²) in [5.74, 6) is 1.33. The lowest BCUT2D eigenvalue weighted by Crippen LogP contribution is -2.43. The van der Waals surface area contributed by atoms with Crippen LogP contribution in [0.2, 0.25) is 0 Å². The van der Waals surface area contributed by atoms with E-state index < -0.39 is 0 Å². The minimum atomic E-state index is 0.0350. The van der Waals surface area contributed by atoms with Crippen molar-refractivity contribution in [3.8, 4) is 0 Å². The molecule has 1 aromatic heterocycles. The monoisotopic (exact) mass is 279 g/mol. The molecule has 4 nitrogen and oxygen atoms in total. The number of hydrogen-bond donors (Lipinski definition) is 0. The predicted molar refractivity (Wildman–Crippen MR) is 73.2 cm³/mol. The zero-order valence-corrected chi connectivity index (χ0v) is 12.0. The Kier molecular flexibility index (Phi) is 3.21. The molecule has 2 aliphatic rings. The summed E-state index contributed by atoms with van der Waals surface area (Å²) in [6, 6.07) is 0.417. The van der Waals surface area contributed by atoms with Crippen LogP contribution in [0.1, 0.15) is 55.7 Å². The summed E-state index contributed by atoms with van der Waals surface area (Å²) in [6.45, 7) is 4.20. The van der Waals surface area contributed by atoms with Crippen LogP contribution in [0.4, 0.5) is 0 Å². The highest BCUT2D eigenvalue weighted by molar-refractivity contribution is 6.27. The van der Waals surface area contributed by atoms with Crippen molar-refractivity contribution >= 4 is 17.5 Å². The van der Waals surface area contributed by atoms with Gasteiger partial charge in [-0.25, -0.2) is 9.97 Å². The van der Waals surface area contributed by atoms with Crippen LogP contribution in [0.3, 0.4) is 0 Å². The highest BCUT2D eigenvalue weighted by atomic mass is 35.5. The van der Waals surface area contributed by atoms with Crippen LogP contribution in [0.5, 0.6) is 0 Å². The maximum Gasteiger partial charge on any atom is 0.238 e. The second kappa shape index (κ2) is 4.75. The summed E-state index contributed by atoms with van der Waals surface area (Å²) in [5, 5.41) is 0. The molecule has 0 saturated carbocycles. The van der Waals surface area contributed by atoms with Gasteiger partial charge in [0.2, 0.25) is 5.91 Å². The van der Waals surface area contributed by atoms with E-state index >= 15 is 0 Å². The Morgan fingerprint density at radius 1 is 1.53 bits per heavy atom. The average Bonchev–Trinajstić information content (AvgIpc) is 2.72. The second-order valence-corrected chi connectivity index (χ2v) is 5.94. The lowest BCUT2D eigenvalue weighted by molar-refractivity contribution is -0.131. The molecular weight excluding hydrogens is 262 g/mol. The smallest absolute Gasteiger partial charge is 0.238 e. The topological polar surface area (TPSA) is 46.1 Å². The van der Waals surface area contributed by atoms with E-state index in [1.165, 1.54) is 0 Å². The molecule has 19 heavy (non-hydrogen) atoms. The van der Waals surface area contributed by atoms with Crippen molar-refractivity contribution in [1.82, 2.24) is 14.9 Å². The maximum atomic E-state index is 12.0. The minimum absolute atomic E-state index is 0.0350. The highest BCUT2D eigenvalue weighted by Gasteiger charge is 2.43. The van der Waals surface area contributed by atoms with Crippen molar-refractivity contribution in [3.05, 3.63) is 23.3 Å². The number of carbonyl (C=O) groups is 1. The predicted octanol–water partition coefficient (Wildman–Crippen LogP) is 2.43. The molecule has 0 spiro atoms. The van der Waals surface area contributed by atoms with Crippen LogP contribution in [0, 0.1) is 0 Å². The van der Waals surface area contributed by atoms with Crippen molar-refractivity contribution in [2.24, 2.45) is 0 Å². The number of hydrogen-bond acceptors (Lipinski definition) is 3. The first kappa shape index (κ1) is 12.9. The summed E-state index contributed by atoms with van der Waals surface area (Å²) in [6.07, 6.45) is 4.81. The van der Waals surface area contributed by atoms with E-state index in [9.17, 15) is 4.79 Å². The zero-order valence-electron chi connectivity index (χ0n) is 11.3. The fraction of sp³-hybridized carbons (Fsp3) is 0.643. The fourth-order valence-corrected chi connectivity index (χ4v) is 3.36. The standard InChI is InChI=1S/C14H18ClN3O/c1-8(2)14-16-7-10-11(17-14)5-9-3-4-12(10)18(9)13(19)6-15/h7-9,12H,3-6H2,1-2H3. The van der Waals surface area contributed by atoms with E-state index in [4.69, 9.17) is 16.6 Å². The Labute approximate surface area is 118 Å². The Hall–Kier alpha value is -1.16. The molecule has 1 fully saturated rings. The summed E-state index contributed by atoms with van der Waals surface area (Å²) in [5.41, 5.74) is 2.25. The first-order valence-electron chi connectivity index (χ1n) is 6.84. The van der Waals surface area contributed by atoms with Gasteiger partial charge in [-0.05, 0) is 12.8 Å². The summed E-state index contributed by atoms with van der Waals surface area (Å²) >= 11 is 5.72. The Morgan fingerprint density at radius 3 is 3.00 bits per heavy atom. The van der Waals surface area contributed by atoms with Crippen LogP contribution in [0.25, 0.3) is 0 Å². The van der Waals surface area contributed by atoms with Gasteiger partial charge >= 0.3 is 0 Å². The van der Waals surface area contributed by atoms with Gasteiger partial charge in [-0.1, -0.05) is 13.8 Å². The number of halogens is 1. The average molecular weight is 280 g/mol. The van der Waals surface area contributed by atoms with Gasteiger partial charge in [-0.2, -0.15) is 0 Å². The molecule has 1 saturated heterocycles. The number of amides is 1. The third-order valence-electron chi connectivity index (χ3n) is 4.13. The van der Waals surface area contributed by atoms with Gasteiger partial charge in [0, 0.05) is 30.1 Å². The molecule has 2 unspecified atom stereocenters. The molecule has 2 atom stereocenters. The number of nitrogens with zero attached hydrogens (tertiary/aromatic N) is 3. The van der Waals surface area contributed by atoms with Gasteiger partial charge in [-0.15, -0.1) is 11.6 Å². The molecule has 3 rings (SSSR count). The van der Waals surface area contributed by atoms with Gasteiger partial charge in [0.15, 0.2) is 0 Å². The lowest BCUT2D eigenvalue weighted by Gasteiger charge is -2.35. The normalized spacial score (nSPS) is 24.7. The third-order valence-corrected chi connectivity index (χ3v) is 4.36. The molecule has 0 aliphatic carbocycles. The van der Waals surface area contributed by atoms with E-state index in [1.807, 2.05) is 11.1 Å². The molecule has 1 aromatic rings. The van der Waals surface area contributed by atoms with Crippen molar-refractivity contribution in [2.75, 3.05) is 5.88 Å². The van der Waals surface area contributed by atoms with Crippen LogP contribution in [0.15, 0.2) is 6.20 Å². The third kappa shape index (κ3) is 2.02. The first-order valence-corrected chi connectivity index (χ1v) is 7.38. The molecule has 2 aliphatic heterocycles. The van der Waals surface area contributed by atoms with Gasteiger partial charge in [0.25, 0.3) is 0 Å². The van der Waals surface area contributed by atoms with Crippen molar-refractivity contribution in [3.63, 3.8) is 0 Å². The van der Waals surface area contributed by atoms with Crippen LogP contribution >= 0.6 is 11.6 Å². The van der Waals surface area contributed by atoms with Crippen LogP contribution in [-0.2, 0) is 11.2 Å². The molecule has 1 amide bonds. The van der Waals surface area contributed by atoms with E-state index in [2.05, 4.69) is 18.8 Å². The maximum absolute atomic E-state index is 12.0. The zero-order chi connectivity index (χ0) is 13.6. The molecule has 0 N–H and O–H groups in total. The van der Waals surface area contributed by atoms with Crippen molar-refractivity contribution in [2.45, 2.75) is 51.1 Å².